The Hall–Kier alpha value is -1.09. The number of nitrogens with zero attached hydrogens (tertiary/aromatic N) is 1. The Morgan fingerprint density at radius 3 is 3.00 bits per heavy atom. The van der Waals surface area contributed by atoms with Crippen LogP contribution < -0.4 is 0 Å². The van der Waals surface area contributed by atoms with Crippen LogP contribution in [0.15, 0.2) is 18.3 Å². The van der Waals surface area contributed by atoms with Crippen molar-refractivity contribution in [3.8, 4) is 0 Å². The van der Waals surface area contributed by atoms with Crippen molar-refractivity contribution in [3.05, 3.63) is 24.0 Å². The lowest BCUT2D eigenvalue weighted by atomic mass is 10.3. The Kier molecular flexibility index (Phi) is 2.44. The number of carbonyl (C=O) groups is 1. The first-order chi connectivity index (χ1) is 5.29. The normalized spacial score (nSPS) is 10.0. The summed E-state index contributed by atoms with van der Waals surface area (Å²) in [6, 6.07) is 3.67. The molecule has 0 saturated heterocycles. The zero-order chi connectivity index (χ0) is 8.27. The van der Waals surface area contributed by atoms with Gasteiger partial charge < -0.3 is 5.11 Å². The summed E-state index contributed by atoms with van der Waals surface area (Å²) in [6.45, 7) is 1.54. The standard InChI is InChI=1S/C8H11NO2/c1-2-7-4-3-5-9(7)8(11)6-10/h3-5,10H,2,6H2,1H3. The van der Waals surface area contributed by atoms with Crippen LogP contribution in [0.2, 0.25) is 0 Å². The van der Waals surface area contributed by atoms with Crippen LogP contribution in [0.5, 0.6) is 0 Å². The number of aryl methyl sites for hydroxylation is 1. The lowest BCUT2D eigenvalue weighted by Crippen LogP contribution is -2.15. The van der Waals surface area contributed by atoms with Gasteiger partial charge in [-0.15, -0.1) is 0 Å². The van der Waals surface area contributed by atoms with Crippen molar-refractivity contribution in [2.24, 2.45) is 0 Å². The van der Waals surface area contributed by atoms with Crippen LogP contribution in [0.4, 0.5) is 0 Å². The van der Waals surface area contributed by atoms with Gasteiger partial charge in [-0.3, -0.25) is 9.36 Å². The summed E-state index contributed by atoms with van der Waals surface area (Å²) in [5, 5.41) is 8.56. The third kappa shape index (κ3) is 1.49. The average Bonchev–Trinajstić information content (AvgIpc) is 2.50. The van der Waals surface area contributed by atoms with E-state index < -0.39 is 6.61 Å². The molecule has 0 spiro atoms. The maximum Gasteiger partial charge on any atom is 0.256 e. The van der Waals surface area contributed by atoms with Gasteiger partial charge in [-0.05, 0) is 18.6 Å². The highest BCUT2D eigenvalue weighted by molar-refractivity contribution is 5.80. The second-order valence-corrected chi connectivity index (χ2v) is 2.27. The zero-order valence-corrected chi connectivity index (χ0v) is 6.45. The fourth-order valence-corrected chi connectivity index (χ4v) is 1.02. The second-order valence-electron chi connectivity index (χ2n) is 2.27. The van der Waals surface area contributed by atoms with Crippen molar-refractivity contribution in [1.82, 2.24) is 4.57 Å². The molecule has 0 atom stereocenters. The van der Waals surface area contributed by atoms with Crippen molar-refractivity contribution in [2.75, 3.05) is 6.61 Å². The smallest absolute Gasteiger partial charge is 0.256 e. The van der Waals surface area contributed by atoms with Crippen molar-refractivity contribution in [2.45, 2.75) is 13.3 Å². The van der Waals surface area contributed by atoms with E-state index in [9.17, 15) is 4.79 Å². The van der Waals surface area contributed by atoms with Crippen LogP contribution in [0.1, 0.15) is 17.4 Å². The molecule has 1 heterocycles. The van der Waals surface area contributed by atoms with Gasteiger partial charge in [0.15, 0.2) is 0 Å². The number of carbonyl (C=O) groups excluding carboxylic acids is 1. The molecule has 1 N–H and O–H groups in total. The molecule has 0 unspecified atom stereocenters. The summed E-state index contributed by atoms with van der Waals surface area (Å²) < 4.78 is 1.47. The molecule has 3 nitrogen and oxygen atoms in total. The van der Waals surface area contributed by atoms with Gasteiger partial charge in [0.1, 0.15) is 6.61 Å². The topological polar surface area (TPSA) is 42.2 Å². The van der Waals surface area contributed by atoms with E-state index in [0.29, 0.717) is 0 Å². The summed E-state index contributed by atoms with van der Waals surface area (Å²) in [5.41, 5.74) is 0.934. The van der Waals surface area contributed by atoms with E-state index in [1.165, 1.54) is 4.57 Å². The molecule has 0 radical (unpaired) electrons. The van der Waals surface area contributed by atoms with Gasteiger partial charge in [0, 0.05) is 11.9 Å². The number of aliphatic hydroxyl groups is 1. The molecule has 60 valence electrons. The first-order valence-electron chi connectivity index (χ1n) is 3.60. The Morgan fingerprint density at radius 1 is 1.73 bits per heavy atom. The Labute approximate surface area is 65.3 Å². The fraction of sp³-hybridized carbons (Fsp3) is 0.375. The van der Waals surface area contributed by atoms with E-state index in [1.807, 2.05) is 13.0 Å². The van der Waals surface area contributed by atoms with Gasteiger partial charge in [0.05, 0.1) is 0 Å². The first-order valence-corrected chi connectivity index (χ1v) is 3.60. The molecule has 11 heavy (non-hydrogen) atoms. The van der Waals surface area contributed by atoms with Crippen LogP contribution >= 0.6 is 0 Å². The van der Waals surface area contributed by atoms with Gasteiger partial charge in [-0.1, -0.05) is 6.92 Å². The maximum atomic E-state index is 11.0. The molecule has 0 aliphatic heterocycles. The highest BCUT2D eigenvalue weighted by atomic mass is 16.3. The molecular weight excluding hydrogens is 142 g/mol. The van der Waals surface area contributed by atoms with Crippen molar-refractivity contribution in [3.63, 3.8) is 0 Å². The third-order valence-electron chi connectivity index (χ3n) is 1.60. The molecule has 0 aliphatic rings. The third-order valence-corrected chi connectivity index (χ3v) is 1.60. The number of hydrogen-bond acceptors (Lipinski definition) is 2. The molecule has 0 saturated carbocycles. The SMILES string of the molecule is CCc1cccn1C(=O)CO. The van der Waals surface area contributed by atoms with Crippen molar-refractivity contribution < 1.29 is 9.90 Å². The summed E-state index contributed by atoms with van der Waals surface area (Å²) in [7, 11) is 0. The lowest BCUT2D eigenvalue weighted by molar-refractivity contribution is 0.0816. The molecule has 3 heteroatoms. The second kappa shape index (κ2) is 3.34. The lowest BCUT2D eigenvalue weighted by Gasteiger charge is -2.02. The van der Waals surface area contributed by atoms with Crippen LogP contribution in [0, 0.1) is 0 Å². The van der Waals surface area contributed by atoms with E-state index in [1.54, 1.807) is 12.3 Å². The van der Waals surface area contributed by atoms with Gasteiger partial charge in [-0.2, -0.15) is 0 Å². The predicted octanol–water partition coefficient (Wildman–Crippen LogP) is 0.683. The number of rotatable bonds is 2. The number of aliphatic hydroxyl groups excluding tert-OH is 1. The minimum absolute atomic E-state index is 0.271. The van der Waals surface area contributed by atoms with Crippen molar-refractivity contribution in [1.29, 1.82) is 0 Å². The Bertz CT molecular complexity index is 252. The van der Waals surface area contributed by atoms with E-state index in [4.69, 9.17) is 5.11 Å². The van der Waals surface area contributed by atoms with Crippen LogP contribution in [-0.4, -0.2) is 22.2 Å². The molecule has 1 rings (SSSR count). The van der Waals surface area contributed by atoms with E-state index in [-0.39, 0.29) is 5.91 Å². The number of hydrogen-bond donors (Lipinski definition) is 1. The average molecular weight is 153 g/mol. The molecule has 1 aromatic heterocycles. The molecule has 0 amide bonds. The summed E-state index contributed by atoms with van der Waals surface area (Å²) in [4.78, 5) is 11.0. The minimum Gasteiger partial charge on any atom is -0.387 e. The highest BCUT2D eigenvalue weighted by Gasteiger charge is 2.04. The van der Waals surface area contributed by atoms with Crippen LogP contribution in [0.3, 0.4) is 0 Å². The van der Waals surface area contributed by atoms with E-state index >= 15 is 0 Å². The van der Waals surface area contributed by atoms with Crippen LogP contribution in [-0.2, 0) is 6.42 Å². The van der Waals surface area contributed by atoms with Crippen molar-refractivity contribution >= 4 is 5.91 Å². The minimum atomic E-state index is -0.429. The molecule has 0 aromatic carbocycles. The zero-order valence-electron chi connectivity index (χ0n) is 6.45. The van der Waals surface area contributed by atoms with Crippen LogP contribution in [0.25, 0.3) is 0 Å². The molecule has 0 bridgehead atoms. The van der Waals surface area contributed by atoms with Gasteiger partial charge in [-0.25, -0.2) is 0 Å². The highest BCUT2D eigenvalue weighted by Crippen LogP contribution is 2.01. The molecular formula is C8H11NO2. The van der Waals surface area contributed by atoms with E-state index in [2.05, 4.69) is 0 Å². The summed E-state index contributed by atoms with van der Waals surface area (Å²) in [6.07, 6.45) is 2.47. The number of aromatic nitrogens is 1. The molecule has 0 fully saturated rings. The molecule has 0 aliphatic carbocycles. The predicted molar refractivity (Wildman–Crippen MR) is 41.5 cm³/mol. The summed E-state index contributed by atoms with van der Waals surface area (Å²) >= 11 is 0. The monoisotopic (exact) mass is 153 g/mol. The Balaban J connectivity index is 2.92. The maximum absolute atomic E-state index is 11.0. The molecule has 1 aromatic rings. The fourth-order valence-electron chi connectivity index (χ4n) is 1.02. The van der Waals surface area contributed by atoms with Gasteiger partial charge in [0.25, 0.3) is 5.91 Å². The quantitative estimate of drug-likeness (QED) is 0.679. The largest absolute Gasteiger partial charge is 0.387 e. The Morgan fingerprint density at radius 2 is 2.45 bits per heavy atom. The van der Waals surface area contributed by atoms with Gasteiger partial charge in [0.2, 0.25) is 0 Å². The first kappa shape index (κ1) is 8.01. The van der Waals surface area contributed by atoms with Gasteiger partial charge >= 0.3 is 0 Å². The van der Waals surface area contributed by atoms with E-state index in [0.717, 1.165) is 12.1 Å². The summed E-state index contributed by atoms with van der Waals surface area (Å²) in [5.74, 6) is -0.271.